The number of carbonyl (C=O) groups excluding carboxylic acids is 3. The number of hydrogen-bond acceptors (Lipinski definition) is 4. The largest absolute Gasteiger partial charge is 0.480 e. The van der Waals surface area contributed by atoms with Crippen molar-refractivity contribution in [1.82, 2.24) is 10.6 Å². The first-order valence-corrected chi connectivity index (χ1v) is 9.87. The topological polar surface area (TPSA) is 113 Å². The highest BCUT2D eigenvalue weighted by atomic mass is 16.4. The highest BCUT2D eigenvalue weighted by Gasteiger charge is 2.32. The molecule has 0 unspecified atom stereocenters. The van der Waals surface area contributed by atoms with Gasteiger partial charge >= 0.3 is 5.97 Å². The van der Waals surface area contributed by atoms with Crippen molar-refractivity contribution in [2.75, 3.05) is 0 Å². The maximum Gasteiger partial charge on any atom is 0.326 e. The molecule has 3 atom stereocenters. The molecule has 1 aliphatic rings. The molecular weight excluding hydrogens is 384 g/mol. The van der Waals surface area contributed by atoms with Crippen LogP contribution in [0.5, 0.6) is 0 Å². The number of carboxylic acids is 1. The Bertz CT molecular complexity index is 1030. The summed E-state index contributed by atoms with van der Waals surface area (Å²) in [6.45, 7) is 5.07. The molecule has 3 rings (SSSR count). The molecule has 2 amide bonds. The lowest BCUT2D eigenvalue weighted by molar-refractivity contribution is -0.143. The van der Waals surface area contributed by atoms with Gasteiger partial charge in [-0.3, -0.25) is 14.4 Å². The number of benzene rings is 2. The lowest BCUT2D eigenvalue weighted by atomic mass is 9.98. The van der Waals surface area contributed by atoms with E-state index in [4.69, 9.17) is 0 Å². The maximum atomic E-state index is 12.9. The third kappa shape index (κ3) is 3.83. The summed E-state index contributed by atoms with van der Waals surface area (Å²) < 4.78 is 0. The average molecular weight is 408 g/mol. The Hall–Kier alpha value is -3.48. The molecule has 30 heavy (non-hydrogen) atoms. The van der Waals surface area contributed by atoms with Crippen LogP contribution in [0.25, 0.3) is 11.1 Å². The van der Waals surface area contributed by atoms with E-state index in [0.717, 1.165) is 0 Å². The molecule has 0 bridgehead atoms. The first kappa shape index (κ1) is 21.2. The minimum atomic E-state index is -1.12. The zero-order chi connectivity index (χ0) is 22.0. The van der Waals surface area contributed by atoms with E-state index in [0.29, 0.717) is 34.2 Å². The highest BCUT2D eigenvalue weighted by Crippen LogP contribution is 2.38. The van der Waals surface area contributed by atoms with Gasteiger partial charge in [-0.05, 0) is 24.5 Å². The SMILES string of the molecule is CC[C@@H](C)[C@H](NC(=O)[C@H](C)NC(=O)c1cccc2c1-c1ccccc1C2=O)C(=O)O. The number of amides is 2. The second kappa shape index (κ2) is 8.49. The van der Waals surface area contributed by atoms with Crippen LogP contribution in [0.1, 0.15) is 53.5 Å². The van der Waals surface area contributed by atoms with Crippen LogP contribution in [0.3, 0.4) is 0 Å². The molecule has 0 saturated heterocycles. The monoisotopic (exact) mass is 408 g/mol. The van der Waals surface area contributed by atoms with E-state index >= 15 is 0 Å². The molecule has 2 aromatic rings. The summed E-state index contributed by atoms with van der Waals surface area (Å²) in [6.07, 6.45) is 0.585. The van der Waals surface area contributed by atoms with E-state index in [9.17, 15) is 24.3 Å². The van der Waals surface area contributed by atoms with Crippen LogP contribution < -0.4 is 10.6 Å². The lowest BCUT2D eigenvalue weighted by Crippen LogP contribution is -2.52. The molecule has 0 fully saturated rings. The van der Waals surface area contributed by atoms with E-state index in [-0.39, 0.29) is 11.7 Å². The zero-order valence-corrected chi connectivity index (χ0v) is 17.1. The summed E-state index contributed by atoms with van der Waals surface area (Å²) in [7, 11) is 0. The number of rotatable bonds is 7. The molecule has 0 spiro atoms. The smallest absolute Gasteiger partial charge is 0.326 e. The van der Waals surface area contributed by atoms with Gasteiger partial charge in [-0.15, -0.1) is 0 Å². The minimum Gasteiger partial charge on any atom is -0.480 e. The molecule has 2 aromatic carbocycles. The molecule has 1 aliphatic carbocycles. The Balaban J connectivity index is 1.81. The number of carboxylic acid groups (broad SMARTS) is 1. The van der Waals surface area contributed by atoms with Crippen LogP contribution in [0.15, 0.2) is 42.5 Å². The molecule has 0 aliphatic heterocycles. The van der Waals surface area contributed by atoms with Crippen LogP contribution in [0, 0.1) is 5.92 Å². The Kier molecular flexibility index (Phi) is 6.01. The van der Waals surface area contributed by atoms with Gasteiger partial charge in [0.15, 0.2) is 5.78 Å². The molecule has 156 valence electrons. The second-order valence-corrected chi connectivity index (χ2v) is 7.51. The molecular formula is C23H24N2O5. The van der Waals surface area contributed by atoms with E-state index < -0.39 is 29.9 Å². The van der Waals surface area contributed by atoms with Gasteiger partial charge in [-0.2, -0.15) is 0 Å². The van der Waals surface area contributed by atoms with Crippen molar-refractivity contribution >= 4 is 23.6 Å². The fourth-order valence-electron chi connectivity index (χ4n) is 3.57. The third-order valence-electron chi connectivity index (χ3n) is 5.51. The van der Waals surface area contributed by atoms with E-state index in [1.54, 1.807) is 49.4 Å². The molecule has 7 heteroatoms. The van der Waals surface area contributed by atoms with Crippen LogP contribution in [0.2, 0.25) is 0 Å². The van der Waals surface area contributed by atoms with Crippen LogP contribution in [-0.2, 0) is 9.59 Å². The fourth-order valence-corrected chi connectivity index (χ4v) is 3.57. The van der Waals surface area contributed by atoms with Crippen molar-refractivity contribution in [3.8, 4) is 11.1 Å². The zero-order valence-electron chi connectivity index (χ0n) is 17.1. The first-order valence-electron chi connectivity index (χ1n) is 9.87. The van der Waals surface area contributed by atoms with Gasteiger partial charge in [0.1, 0.15) is 12.1 Å². The third-order valence-corrected chi connectivity index (χ3v) is 5.51. The van der Waals surface area contributed by atoms with Crippen LogP contribution >= 0.6 is 0 Å². The van der Waals surface area contributed by atoms with Gasteiger partial charge < -0.3 is 15.7 Å². The lowest BCUT2D eigenvalue weighted by Gasteiger charge is -2.23. The first-order chi connectivity index (χ1) is 14.3. The average Bonchev–Trinajstić information content (AvgIpc) is 3.03. The quantitative estimate of drug-likeness (QED) is 0.556. The van der Waals surface area contributed by atoms with E-state index in [1.807, 2.05) is 6.92 Å². The molecule has 7 nitrogen and oxygen atoms in total. The van der Waals surface area contributed by atoms with Gasteiger partial charge in [-0.1, -0.05) is 56.7 Å². The van der Waals surface area contributed by atoms with Crippen molar-refractivity contribution in [1.29, 1.82) is 0 Å². The Morgan fingerprint density at radius 3 is 2.20 bits per heavy atom. The summed E-state index contributed by atoms with van der Waals surface area (Å²) in [5, 5.41) is 14.5. The van der Waals surface area contributed by atoms with Gasteiger partial charge in [-0.25, -0.2) is 4.79 Å². The summed E-state index contributed by atoms with van der Waals surface area (Å²) >= 11 is 0. The molecule has 0 saturated carbocycles. The van der Waals surface area contributed by atoms with Gasteiger partial charge in [0.25, 0.3) is 5.91 Å². The van der Waals surface area contributed by atoms with Gasteiger partial charge in [0.2, 0.25) is 5.91 Å². The second-order valence-electron chi connectivity index (χ2n) is 7.51. The highest BCUT2D eigenvalue weighted by molar-refractivity contribution is 6.24. The Morgan fingerprint density at radius 2 is 1.57 bits per heavy atom. The molecule has 0 aromatic heterocycles. The summed E-state index contributed by atoms with van der Waals surface area (Å²) in [5.41, 5.74) is 2.51. The van der Waals surface area contributed by atoms with Crippen LogP contribution in [-0.4, -0.2) is 40.8 Å². The Labute approximate surface area is 174 Å². The van der Waals surface area contributed by atoms with E-state index in [1.165, 1.54) is 6.92 Å². The van der Waals surface area contributed by atoms with Gasteiger partial charge in [0, 0.05) is 22.3 Å². The van der Waals surface area contributed by atoms with Crippen molar-refractivity contribution in [2.45, 2.75) is 39.3 Å². The fraction of sp³-hybridized carbons (Fsp3) is 0.304. The Morgan fingerprint density at radius 1 is 0.933 bits per heavy atom. The van der Waals surface area contributed by atoms with E-state index in [2.05, 4.69) is 10.6 Å². The summed E-state index contributed by atoms with van der Waals surface area (Å²) in [6, 6.07) is 10.00. The maximum absolute atomic E-state index is 12.9. The molecule has 3 N–H and O–H groups in total. The normalized spacial score (nSPS) is 14.8. The number of ketones is 1. The summed E-state index contributed by atoms with van der Waals surface area (Å²) in [4.78, 5) is 49.5. The number of hydrogen-bond donors (Lipinski definition) is 3. The van der Waals surface area contributed by atoms with Crippen LogP contribution in [0.4, 0.5) is 0 Å². The van der Waals surface area contributed by atoms with Crippen molar-refractivity contribution in [2.24, 2.45) is 5.92 Å². The number of carbonyl (C=O) groups is 4. The molecule has 0 heterocycles. The van der Waals surface area contributed by atoms with Crippen molar-refractivity contribution in [3.05, 3.63) is 59.2 Å². The van der Waals surface area contributed by atoms with Gasteiger partial charge in [0.05, 0.1) is 0 Å². The molecule has 0 radical (unpaired) electrons. The predicted octanol–water partition coefficient (Wildman–Crippen LogP) is 2.63. The minimum absolute atomic E-state index is 0.140. The number of aliphatic carboxylic acids is 1. The standard InChI is InChI=1S/C23H24N2O5/c1-4-12(2)19(23(29)30)25-21(27)13(3)24-22(28)17-11-7-10-16-18(17)14-8-5-6-9-15(14)20(16)26/h5-13,19H,4H2,1-3H3,(H,24,28)(H,25,27)(H,29,30)/t12-,13+,19+/m1/s1. The van der Waals surface area contributed by atoms with Crippen molar-refractivity contribution in [3.63, 3.8) is 0 Å². The summed E-state index contributed by atoms with van der Waals surface area (Å²) in [5.74, 6) is -2.60. The number of fused-ring (bicyclic) bond motifs is 3. The predicted molar refractivity (Wildman–Crippen MR) is 111 cm³/mol. The van der Waals surface area contributed by atoms with Crippen molar-refractivity contribution < 1.29 is 24.3 Å². The number of nitrogens with one attached hydrogen (secondary N) is 2.